The number of benzene rings is 1. The standard InChI is InChI=1S/C15H19F2NO5/c1-15(2,3)23-14(21)18-11(12(19)20)8-9-4-6-10(7-5-9)22-13(16)17/h4-7,11,13H,8H2,1-3H3,(H,18,21)(H,19,20)/p-1/t11-/m1/s1. The number of hydrogen-bond donors (Lipinski definition) is 1. The van der Waals surface area contributed by atoms with E-state index >= 15 is 0 Å². The zero-order valence-corrected chi connectivity index (χ0v) is 13.0. The van der Waals surface area contributed by atoms with Crippen LogP contribution in [0, 0.1) is 0 Å². The summed E-state index contributed by atoms with van der Waals surface area (Å²) in [6, 6.07) is 4.09. The molecule has 0 aromatic heterocycles. The summed E-state index contributed by atoms with van der Waals surface area (Å²) in [7, 11) is 0. The normalized spacial score (nSPS) is 12.6. The highest BCUT2D eigenvalue weighted by Crippen LogP contribution is 2.16. The molecular weight excluding hydrogens is 312 g/mol. The number of amides is 1. The average molecular weight is 330 g/mol. The highest BCUT2D eigenvalue weighted by Gasteiger charge is 2.20. The van der Waals surface area contributed by atoms with Gasteiger partial charge in [-0.1, -0.05) is 12.1 Å². The molecule has 1 aromatic rings. The van der Waals surface area contributed by atoms with Crippen molar-refractivity contribution in [3.63, 3.8) is 0 Å². The first-order valence-electron chi connectivity index (χ1n) is 6.81. The number of carboxylic acids is 1. The molecule has 0 saturated carbocycles. The van der Waals surface area contributed by atoms with Crippen LogP contribution in [0.1, 0.15) is 26.3 Å². The lowest BCUT2D eigenvalue weighted by molar-refractivity contribution is -0.308. The maximum absolute atomic E-state index is 12.0. The van der Waals surface area contributed by atoms with Crippen LogP contribution in [-0.2, 0) is 16.0 Å². The lowest BCUT2D eigenvalue weighted by atomic mass is 10.1. The SMILES string of the molecule is CC(C)(C)OC(=O)N[C@H](Cc1ccc(OC(F)F)cc1)C(=O)[O-]. The van der Waals surface area contributed by atoms with Crippen LogP contribution in [0.2, 0.25) is 0 Å². The van der Waals surface area contributed by atoms with Crippen molar-refractivity contribution >= 4 is 12.1 Å². The predicted molar refractivity (Wildman–Crippen MR) is 74.9 cm³/mol. The Hall–Kier alpha value is -2.38. The number of alkyl carbamates (subject to hydrolysis) is 1. The first kappa shape index (κ1) is 18.7. The second-order valence-electron chi connectivity index (χ2n) is 5.74. The summed E-state index contributed by atoms with van der Waals surface area (Å²) in [5.74, 6) is -1.53. The molecule has 0 saturated heterocycles. The second kappa shape index (κ2) is 7.75. The molecule has 0 aliphatic carbocycles. The van der Waals surface area contributed by atoms with Crippen molar-refractivity contribution in [2.24, 2.45) is 0 Å². The monoisotopic (exact) mass is 330 g/mol. The van der Waals surface area contributed by atoms with Gasteiger partial charge in [0.15, 0.2) is 0 Å². The zero-order valence-electron chi connectivity index (χ0n) is 13.0. The summed E-state index contributed by atoms with van der Waals surface area (Å²) in [5.41, 5.74) is -0.272. The Bertz CT molecular complexity index is 540. The van der Waals surface area contributed by atoms with E-state index in [2.05, 4.69) is 10.1 Å². The maximum Gasteiger partial charge on any atom is 0.408 e. The second-order valence-corrected chi connectivity index (χ2v) is 5.74. The number of halogens is 2. The van der Waals surface area contributed by atoms with Gasteiger partial charge in [0, 0.05) is 0 Å². The molecule has 128 valence electrons. The molecule has 6 nitrogen and oxygen atoms in total. The molecule has 0 fully saturated rings. The molecule has 1 N–H and O–H groups in total. The Balaban J connectivity index is 2.69. The molecule has 0 aliphatic heterocycles. The number of carbonyl (C=O) groups excluding carboxylic acids is 2. The lowest BCUT2D eigenvalue weighted by Gasteiger charge is -2.24. The van der Waals surface area contributed by atoms with E-state index in [-0.39, 0.29) is 12.2 Å². The van der Waals surface area contributed by atoms with Crippen molar-refractivity contribution in [3.05, 3.63) is 29.8 Å². The fourth-order valence-corrected chi connectivity index (χ4v) is 1.69. The molecular formula is C15H18F2NO5-. The van der Waals surface area contributed by atoms with Gasteiger partial charge in [0.05, 0.1) is 12.0 Å². The van der Waals surface area contributed by atoms with Gasteiger partial charge in [0.1, 0.15) is 11.4 Å². The van der Waals surface area contributed by atoms with E-state index in [1.807, 2.05) is 0 Å². The van der Waals surface area contributed by atoms with Crippen molar-refractivity contribution in [1.29, 1.82) is 0 Å². The minimum atomic E-state index is -2.94. The lowest BCUT2D eigenvalue weighted by Crippen LogP contribution is -2.50. The van der Waals surface area contributed by atoms with Gasteiger partial charge in [-0.2, -0.15) is 8.78 Å². The number of ether oxygens (including phenoxy) is 2. The number of alkyl halides is 2. The highest BCUT2D eigenvalue weighted by atomic mass is 19.3. The number of hydrogen-bond acceptors (Lipinski definition) is 5. The van der Waals surface area contributed by atoms with Gasteiger partial charge in [-0.3, -0.25) is 0 Å². The fraction of sp³-hybridized carbons (Fsp3) is 0.467. The summed E-state index contributed by atoms with van der Waals surface area (Å²) in [6.45, 7) is 1.98. The van der Waals surface area contributed by atoms with Crippen molar-refractivity contribution in [2.45, 2.75) is 45.4 Å². The first-order chi connectivity index (χ1) is 10.6. The van der Waals surface area contributed by atoms with E-state index in [9.17, 15) is 23.5 Å². The van der Waals surface area contributed by atoms with Gasteiger partial charge < -0.3 is 24.7 Å². The van der Waals surface area contributed by atoms with E-state index in [1.165, 1.54) is 24.3 Å². The van der Waals surface area contributed by atoms with Crippen LogP contribution in [0.25, 0.3) is 0 Å². The Labute approximate surface area is 132 Å². The largest absolute Gasteiger partial charge is 0.548 e. The third-order valence-corrected chi connectivity index (χ3v) is 2.56. The first-order valence-corrected chi connectivity index (χ1v) is 6.81. The molecule has 0 heterocycles. The molecule has 1 aromatic carbocycles. The van der Waals surface area contributed by atoms with Crippen molar-refractivity contribution in [2.75, 3.05) is 0 Å². The van der Waals surface area contributed by atoms with Crippen LogP contribution in [0.3, 0.4) is 0 Å². The quantitative estimate of drug-likeness (QED) is 0.853. The summed E-state index contributed by atoms with van der Waals surface area (Å²) >= 11 is 0. The molecule has 1 amide bonds. The van der Waals surface area contributed by atoms with Crippen LogP contribution >= 0.6 is 0 Å². The van der Waals surface area contributed by atoms with Crippen LogP contribution in [0.5, 0.6) is 5.75 Å². The molecule has 8 heteroatoms. The van der Waals surface area contributed by atoms with Crippen LogP contribution < -0.4 is 15.2 Å². The minimum absolute atomic E-state index is 0.0474. The Morgan fingerprint density at radius 2 is 1.78 bits per heavy atom. The maximum atomic E-state index is 12.0. The molecule has 1 atom stereocenters. The third-order valence-electron chi connectivity index (χ3n) is 2.56. The summed E-state index contributed by atoms with van der Waals surface area (Å²) < 4.78 is 33.3. The minimum Gasteiger partial charge on any atom is -0.548 e. The molecule has 0 bridgehead atoms. The fourth-order valence-electron chi connectivity index (χ4n) is 1.69. The summed E-state index contributed by atoms with van der Waals surface area (Å²) in [4.78, 5) is 22.7. The number of aliphatic carboxylic acids is 1. The number of carbonyl (C=O) groups is 2. The molecule has 23 heavy (non-hydrogen) atoms. The van der Waals surface area contributed by atoms with Crippen molar-refractivity contribution < 1.29 is 33.0 Å². The molecule has 0 spiro atoms. The predicted octanol–water partition coefficient (Wildman–Crippen LogP) is 1.47. The highest BCUT2D eigenvalue weighted by molar-refractivity contribution is 5.79. The van der Waals surface area contributed by atoms with E-state index in [0.717, 1.165) is 0 Å². The molecule has 0 radical (unpaired) electrons. The number of rotatable bonds is 6. The van der Waals surface area contributed by atoms with Crippen LogP contribution in [0.15, 0.2) is 24.3 Å². The van der Waals surface area contributed by atoms with E-state index < -0.39 is 30.3 Å². The summed E-state index contributed by atoms with van der Waals surface area (Å²) in [5, 5.41) is 13.3. The van der Waals surface area contributed by atoms with Gasteiger partial charge in [0.2, 0.25) is 0 Å². The van der Waals surface area contributed by atoms with Gasteiger partial charge in [-0.25, -0.2) is 4.79 Å². The third kappa shape index (κ3) is 7.44. The molecule has 1 rings (SSSR count). The topological polar surface area (TPSA) is 87.7 Å². The number of nitrogens with one attached hydrogen (secondary N) is 1. The van der Waals surface area contributed by atoms with E-state index in [0.29, 0.717) is 5.56 Å². The Morgan fingerprint density at radius 3 is 2.22 bits per heavy atom. The Kier molecular flexibility index (Phi) is 6.29. The zero-order chi connectivity index (χ0) is 17.6. The average Bonchev–Trinajstić information content (AvgIpc) is 2.37. The van der Waals surface area contributed by atoms with Crippen LogP contribution in [0.4, 0.5) is 13.6 Å². The Morgan fingerprint density at radius 1 is 1.22 bits per heavy atom. The molecule has 0 unspecified atom stereocenters. The van der Waals surface area contributed by atoms with Gasteiger partial charge >= 0.3 is 12.7 Å². The van der Waals surface area contributed by atoms with Crippen molar-refractivity contribution in [1.82, 2.24) is 5.32 Å². The van der Waals surface area contributed by atoms with Gasteiger partial charge in [-0.05, 0) is 44.9 Å². The number of carboxylic acid groups (broad SMARTS) is 1. The van der Waals surface area contributed by atoms with E-state index in [4.69, 9.17) is 4.74 Å². The van der Waals surface area contributed by atoms with Crippen molar-refractivity contribution in [3.8, 4) is 5.75 Å². The van der Waals surface area contributed by atoms with E-state index in [1.54, 1.807) is 20.8 Å². The summed E-state index contributed by atoms with van der Waals surface area (Å²) in [6.07, 6.45) is -0.972. The van der Waals surface area contributed by atoms with Crippen LogP contribution in [-0.4, -0.2) is 30.3 Å². The van der Waals surface area contributed by atoms with Gasteiger partial charge in [0.25, 0.3) is 0 Å². The molecule has 0 aliphatic rings. The smallest absolute Gasteiger partial charge is 0.408 e. The van der Waals surface area contributed by atoms with Gasteiger partial charge in [-0.15, -0.1) is 0 Å².